The van der Waals surface area contributed by atoms with E-state index in [-0.39, 0.29) is 5.41 Å². The van der Waals surface area contributed by atoms with Gasteiger partial charge in [-0.05, 0) is 40.8 Å². The fourth-order valence-corrected chi connectivity index (χ4v) is 3.21. The number of carbonyl (C=O) groups excluding carboxylic acids is 1. The molecule has 0 heterocycles. The van der Waals surface area contributed by atoms with Crippen LogP contribution in [0.4, 0.5) is 13.6 Å². The lowest BCUT2D eigenvalue weighted by Gasteiger charge is -2.26. The van der Waals surface area contributed by atoms with E-state index in [1.165, 1.54) is 12.1 Å². The van der Waals surface area contributed by atoms with E-state index in [9.17, 15) is 13.6 Å². The predicted octanol–water partition coefficient (Wildman–Crippen LogP) is 4.35. The number of nitrogens with two attached hydrogens (primary N) is 1. The monoisotopic (exact) mass is 317 g/mol. The van der Waals surface area contributed by atoms with Gasteiger partial charge < -0.3 is 10.5 Å². The van der Waals surface area contributed by atoms with Gasteiger partial charge in [-0.25, -0.2) is 13.6 Å². The number of halogens is 2. The van der Waals surface area contributed by atoms with Gasteiger partial charge in [-0.3, -0.25) is 0 Å². The van der Waals surface area contributed by atoms with Crippen LogP contribution in [-0.2, 0) is 11.2 Å². The molecule has 1 aliphatic rings. The molecule has 0 spiro atoms. The van der Waals surface area contributed by atoms with Crippen LogP contribution in [-0.4, -0.2) is 6.09 Å². The van der Waals surface area contributed by atoms with Crippen LogP contribution in [0.25, 0.3) is 11.1 Å². The number of benzene rings is 2. The first-order chi connectivity index (χ1) is 10.8. The van der Waals surface area contributed by atoms with Crippen LogP contribution < -0.4 is 5.73 Å². The number of carbonyl (C=O) groups is 1. The molecule has 3 nitrogen and oxygen atoms in total. The molecule has 1 aliphatic carbocycles. The standard InChI is InChI=1S/C18H17F2NO2/c1-18(2)9-12-7-10(11-4-6-14(19)15(20)8-11)3-5-13(12)16(18)23-17(21)22/h3-8,16H,9H2,1-2H3,(H2,21,22). The van der Waals surface area contributed by atoms with Crippen molar-refractivity contribution in [3.63, 3.8) is 0 Å². The van der Waals surface area contributed by atoms with Crippen LogP contribution in [0.15, 0.2) is 36.4 Å². The average molecular weight is 317 g/mol. The molecule has 1 unspecified atom stereocenters. The molecule has 0 fully saturated rings. The maximum atomic E-state index is 13.4. The third kappa shape index (κ3) is 2.79. The molecule has 120 valence electrons. The number of hydrogen-bond acceptors (Lipinski definition) is 2. The summed E-state index contributed by atoms with van der Waals surface area (Å²) in [7, 11) is 0. The Morgan fingerprint density at radius 3 is 2.43 bits per heavy atom. The molecule has 3 rings (SSSR count). The topological polar surface area (TPSA) is 52.3 Å². The number of hydrogen-bond donors (Lipinski definition) is 1. The van der Waals surface area contributed by atoms with Crippen molar-refractivity contribution in [3.8, 4) is 11.1 Å². The van der Waals surface area contributed by atoms with E-state index >= 15 is 0 Å². The molecule has 1 amide bonds. The maximum absolute atomic E-state index is 13.4. The summed E-state index contributed by atoms with van der Waals surface area (Å²) >= 11 is 0. The second kappa shape index (κ2) is 5.33. The summed E-state index contributed by atoms with van der Waals surface area (Å²) in [6.45, 7) is 4.00. The van der Waals surface area contributed by atoms with Crippen LogP contribution in [0.2, 0.25) is 0 Å². The third-order valence-corrected chi connectivity index (χ3v) is 4.27. The van der Waals surface area contributed by atoms with Gasteiger partial charge in [0.15, 0.2) is 11.6 Å². The molecule has 2 aromatic carbocycles. The van der Waals surface area contributed by atoms with Crippen molar-refractivity contribution in [2.24, 2.45) is 11.1 Å². The predicted molar refractivity (Wildman–Crippen MR) is 82.7 cm³/mol. The van der Waals surface area contributed by atoms with E-state index in [4.69, 9.17) is 10.5 Å². The van der Waals surface area contributed by atoms with Gasteiger partial charge in [0.2, 0.25) is 0 Å². The van der Waals surface area contributed by atoms with Crippen molar-refractivity contribution >= 4 is 6.09 Å². The Bertz CT molecular complexity index is 787. The lowest BCUT2D eigenvalue weighted by atomic mass is 9.87. The summed E-state index contributed by atoms with van der Waals surface area (Å²) in [6, 6.07) is 9.42. The Labute approximate surface area is 133 Å². The normalized spacial score (nSPS) is 18.5. The Morgan fingerprint density at radius 2 is 1.78 bits per heavy atom. The number of amides is 1. The summed E-state index contributed by atoms with van der Waals surface area (Å²) in [6.07, 6.45) is -0.507. The first kappa shape index (κ1) is 15.5. The van der Waals surface area contributed by atoms with Gasteiger partial charge in [-0.15, -0.1) is 0 Å². The van der Waals surface area contributed by atoms with E-state index in [1.807, 2.05) is 32.0 Å². The zero-order valence-electron chi connectivity index (χ0n) is 12.9. The fraction of sp³-hybridized carbons (Fsp3) is 0.278. The Kier molecular flexibility index (Phi) is 3.59. The van der Waals surface area contributed by atoms with Crippen molar-refractivity contribution in [3.05, 3.63) is 59.2 Å². The molecule has 0 aliphatic heterocycles. The van der Waals surface area contributed by atoms with Gasteiger partial charge in [0.05, 0.1) is 0 Å². The third-order valence-electron chi connectivity index (χ3n) is 4.27. The van der Waals surface area contributed by atoms with Crippen molar-refractivity contribution < 1.29 is 18.3 Å². The van der Waals surface area contributed by atoms with E-state index in [0.29, 0.717) is 12.0 Å². The molecule has 23 heavy (non-hydrogen) atoms. The Morgan fingerprint density at radius 1 is 1.13 bits per heavy atom. The SMILES string of the molecule is CC1(C)Cc2cc(-c3ccc(F)c(F)c3)ccc2C1OC(N)=O. The smallest absolute Gasteiger partial charge is 0.405 e. The highest BCUT2D eigenvalue weighted by atomic mass is 19.2. The number of fused-ring (bicyclic) bond motifs is 1. The van der Waals surface area contributed by atoms with E-state index in [0.717, 1.165) is 22.8 Å². The molecule has 0 saturated heterocycles. The summed E-state index contributed by atoms with van der Waals surface area (Å²) < 4.78 is 31.8. The maximum Gasteiger partial charge on any atom is 0.405 e. The first-order valence-corrected chi connectivity index (χ1v) is 7.32. The molecule has 5 heteroatoms. The van der Waals surface area contributed by atoms with Crippen LogP contribution in [0.5, 0.6) is 0 Å². The highest BCUT2D eigenvalue weighted by Crippen LogP contribution is 2.48. The molecule has 0 saturated carbocycles. The molecule has 2 N–H and O–H groups in total. The number of ether oxygens (including phenoxy) is 1. The van der Waals surface area contributed by atoms with Gasteiger partial charge in [0.1, 0.15) is 6.10 Å². The molecule has 0 radical (unpaired) electrons. The van der Waals surface area contributed by atoms with Gasteiger partial charge in [-0.1, -0.05) is 38.1 Å². The van der Waals surface area contributed by atoms with Gasteiger partial charge in [0, 0.05) is 5.41 Å². The van der Waals surface area contributed by atoms with Crippen molar-refractivity contribution in [1.29, 1.82) is 0 Å². The summed E-state index contributed by atoms with van der Waals surface area (Å²) in [5.74, 6) is -1.75. The van der Waals surface area contributed by atoms with Gasteiger partial charge >= 0.3 is 6.09 Å². The molecular weight excluding hydrogens is 300 g/mol. The summed E-state index contributed by atoms with van der Waals surface area (Å²) in [5, 5.41) is 0. The van der Waals surface area contributed by atoms with Crippen molar-refractivity contribution in [2.45, 2.75) is 26.4 Å². The lowest BCUT2D eigenvalue weighted by Crippen LogP contribution is -2.25. The molecule has 0 aromatic heterocycles. The highest BCUT2D eigenvalue weighted by Gasteiger charge is 2.41. The van der Waals surface area contributed by atoms with Crippen LogP contribution in [0.1, 0.15) is 31.1 Å². The largest absolute Gasteiger partial charge is 0.441 e. The number of primary amides is 1. The van der Waals surface area contributed by atoms with E-state index in [2.05, 4.69) is 0 Å². The zero-order valence-corrected chi connectivity index (χ0v) is 12.9. The summed E-state index contributed by atoms with van der Waals surface area (Å²) in [4.78, 5) is 11.1. The van der Waals surface area contributed by atoms with E-state index < -0.39 is 23.8 Å². The van der Waals surface area contributed by atoms with Crippen molar-refractivity contribution in [1.82, 2.24) is 0 Å². The van der Waals surface area contributed by atoms with Crippen LogP contribution in [0, 0.1) is 17.0 Å². The van der Waals surface area contributed by atoms with E-state index in [1.54, 1.807) is 0 Å². The second-order valence-corrected chi connectivity index (χ2v) is 6.52. The van der Waals surface area contributed by atoms with Crippen LogP contribution in [0.3, 0.4) is 0 Å². The fourth-order valence-electron chi connectivity index (χ4n) is 3.21. The minimum Gasteiger partial charge on any atom is -0.441 e. The highest BCUT2D eigenvalue weighted by molar-refractivity contribution is 5.67. The lowest BCUT2D eigenvalue weighted by molar-refractivity contribution is 0.0392. The number of rotatable bonds is 2. The van der Waals surface area contributed by atoms with Gasteiger partial charge in [0.25, 0.3) is 0 Å². The minimum atomic E-state index is -0.877. The van der Waals surface area contributed by atoms with Crippen molar-refractivity contribution in [2.75, 3.05) is 0 Å². The Hall–Kier alpha value is -2.43. The molecule has 1 atom stereocenters. The van der Waals surface area contributed by atoms with Gasteiger partial charge in [-0.2, -0.15) is 0 Å². The second-order valence-electron chi connectivity index (χ2n) is 6.52. The minimum absolute atomic E-state index is 0.274. The zero-order chi connectivity index (χ0) is 16.8. The molecule has 0 bridgehead atoms. The van der Waals surface area contributed by atoms with Crippen LogP contribution >= 0.6 is 0 Å². The average Bonchev–Trinajstić information content (AvgIpc) is 2.71. The quantitative estimate of drug-likeness (QED) is 0.895. The Balaban J connectivity index is 2.01. The first-order valence-electron chi connectivity index (χ1n) is 7.32. The summed E-state index contributed by atoms with van der Waals surface area (Å²) in [5.41, 5.74) is 8.20. The molecular formula is C18H17F2NO2. The molecule has 2 aromatic rings.